The van der Waals surface area contributed by atoms with Crippen LogP contribution in [-0.2, 0) is 17.6 Å². The Kier molecular flexibility index (Phi) is 5.63. The van der Waals surface area contributed by atoms with Crippen molar-refractivity contribution in [3.05, 3.63) is 21.9 Å². The van der Waals surface area contributed by atoms with E-state index in [-0.39, 0.29) is 0 Å². The van der Waals surface area contributed by atoms with Crippen molar-refractivity contribution in [1.82, 2.24) is 0 Å². The van der Waals surface area contributed by atoms with Crippen molar-refractivity contribution in [1.29, 1.82) is 0 Å². The van der Waals surface area contributed by atoms with Crippen molar-refractivity contribution in [2.24, 2.45) is 0 Å². The monoisotopic (exact) mass is 256 g/mol. The van der Waals surface area contributed by atoms with Crippen LogP contribution in [0.15, 0.2) is 12.1 Å². The van der Waals surface area contributed by atoms with Crippen LogP contribution in [0.5, 0.6) is 0 Å². The van der Waals surface area contributed by atoms with Crippen LogP contribution < -0.4 is 0 Å². The lowest BCUT2D eigenvalue weighted by molar-refractivity contribution is -0.106. The molecule has 1 unspecified atom stereocenters. The molecule has 0 aliphatic carbocycles. The molecule has 0 spiro atoms. The van der Waals surface area contributed by atoms with Gasteiger partial charge in [-0.3, -0.25) is 0 Å². The molecule has 0 saturated carbocycles. The first-order valence-corrected chi connectivity index (χ1v) is 7.24. The number of rotatable bonds is 7. The number of hydrogen-bond donors (Lipinski definition) is 1. The Morgan fingerprint density at radius 2 is 1.82 bits per heavy atom. The molecule has 1 aromatic rings. The number of ether oxygens (including phenoxy) is 1. The van der Waals surface area contributed by atoms with Gasteiger partial charge in [0.15, 0.2) is 0 Å². The van der Waals surface area contributed by atoms with E-state index in [9.17, 15) is 5.11 Å². The summed E-state index contributed by atoms with van der Waals surface area (Å²) in [6.07, 6.45) is 3.02. The summed E-state index contributed by atoms with van der Waals surface area (Å²) in [5.41, 5.74) is -0.392. The fraction of sp³-hybridized carbons (Fsp3) is 0.714. The minimum absolute atomic E-state index is 0.392. The first-order chi connectivity index (χ1) is 8.11. The van der Waals surface area contributed by atoms with Crippen molar-refractivity contribution in [2.75, 3.05) is 7.11 Å². The van der Waals surface area contributed by atoms with E-state index in [2.05, 4.69) is 32.9 Å². The molecule has 1 aromatic heterocycles. The lowest BCUT2D eigenvalue weighted by Crippen LogP contribution is -2.44. The minimum atomic E-state index is -0.425. The van der Waals surface area contributed by atoms with Gasteiger partial charge in [-0.15, -0.1) is 11.3 Å². The largest absolute Gasteiger partial charge is 0.390 e. The van der Waals surface area contributed by atoms with Crippen molar-refractivity contribution in [3.8, 4) is 0 Å². The summed E-state index contributed by atoms with van der Waals surface area (Å²) in [6, 6.07) is 4.28. The lowest BCUT2D eigenvalue weighted by Gasteiger charge is -2.35. The number of aliphatic hydroxyl groups excluding tert-OH is 1. The summed E-state index contributed by atoms with van der Waals surface area (Å²) in [6.45, 7) is 6.30. The van der Waals surface area contributed by atoms with Gasteiger partial charge < -0.3 is 9.84 Å². The predicted octanol–water partition coefficient (Wildman–Crippen LogP) is 3.42. The first kappa shape index (κ1) is 14.7. The second-order valence-corrected chi connectivity index (χ2v) is 5.67. The number of thiophene rings is 1. The highest BCUT2D eigenvalue weighted by Crippen LogP contribution is 2.28. The SMILES string of the molecule is CCc1ccc(CC(O)C(CC)(CC)OC)s1. The normalized spacial score (nSPS) is 13.9. The maximum absolute atomic E-state index is 10.4. The zero-order valence-electron chi connectivity index (χ0n) is 11.3. The topological polar surface area (TPSA) is 29.5 Å². The molecule has 0 aliphatic rings. The average Bonchev–Trinajstić information content (AvgIpc) is 2.80. The van der Waals surface area contributed by atoms with Crippen molar-refractivity contribution in [2.45, 2.75) is 58.2 Å². The summed E-state index contributed by atoms with van der Waals surface area (Å²) >= 11 is 1.79. The van der Waals surface area contributed by atoms with Gasteiger partial charge in [-0.05, 0) is 31.4 Å². The molecule has 0 radical (unpaired) electrons. The molecular weight excluding hydrogens is 232 g/mol. The molecule has 0 amide bonds. The zero-order valence-corrected chi connectivity index (χ0v) is 12.1. The number of hydrogen-bond acceptors (Lipinski definition) is 3. The highest BCUT2D eigenvalue weighted by molar-refractivity contribution is 7.11. The Bertz CT molecular complexity index is 320. The highest BCUT2D eigenvalue weighted by atomic mass is 32.1. The standard InChI is InChI=1S/C14H24O2S/c1-5-11-8-9-12(17-11)10-13(15)14(6-2,7-3)16-4/h8-9,13,15H,5-7,10H2,1-4H3. The first-order valence-electron chi connectivity index (χ1n) is 6.42. The van der Waals surface area contributed by atoms with E-state index in [1.165, 1.54) is 9.75 Å². The molecule has 1 N–H and O–H groups in total. The summed E-state index contributed by atoms with van der Waals surface area (Å²) in [5, 5.41) is 10.4. The van der Waals surface area contributed by atoms with E-state index in [1.807, 2.05) is 0 Å². The molecule has 0 fully saturated rings. The van der Waals surface area contributed by atoms with Gasteiger partial charge in [0.1, 0.15) is 0 Å². The second-order valence-electron chi connectivity index (χ2n) is 4.42. The van der Waals surface area contributed by atoms with Crippen LogP contribution in [0.1, 0.15) is 43.4 Å². The molecule has 0 saturated heterocycles. The third-order valence-electron chi connectivity index (χ3n) is 3.67. The van der Waals surface area contributed by atoms with Gasteiger partial charge in [0, 0.05) is 23.3 Å². The van der Waals surface area contributed by atoms with Crippen LogP contribution in [0, 0.1) is 0 Å². The molecule has 3 heteroatoms. The van der Waals surface area contributed by atoms with Crippen LogP contribution in [0.3, 0.4) is 0 Å². The molecule has 0 aliphatic heterocycles. The van der Waals surface area contributed by atoms with Gasteiger partial charge in [0.05, 0.1) is 11.7 Å². The number of aliphatic hydroxyl groups is 1. The second kappa shape index (κ2) is 6.53. The highest BCUT2D eigenvalue weighted by Gasteiger charge is 2.34. The Morgan fingerprint density at radius 3 is 2.24 bits per heavy atom. The van der Waals surface area contributed by atoms with Gasteiger partial charge >= 0.3 is 0 Å². The Morgan fingerprint density at radius 1 is 1.24 bits per heavy atom. The van der Waals surface area contributed by atoms with Crippen LogP contribution in [-0.4, -0.2) is 23.9 Å². The maximum Gasteiger partial charge on any atom is 0.0934 e. The van der Waals surface area contributed by atoms with Gasteiger partial charge in [-0.1, -0.05) is 20.8 Å². The summed E-state index contributed by atoms with van der Waals surface area (Å²) in [7, 11) is 1.70. The Hall–Kier alpha value is -0.380. The Labute approximate surface area is 109 Å². The van der Waals surface area contributed by atoms with E-state index >= 15 is 0 Å². The Balaban J connectivity index is 2.72. The van der Waals surface area contributed by atoms with E-state index in [1.54, 1.807) is 18.4 Å². The van der Waals surface area contributed by atoms with Crippen LogP contribution >= 0.6 is 11.3 Å². The zero-order chi connectivity index (χ0) is 12.9. The lowest BCUT2D eigenvalue weighted by atomic mass is 9.88. The van der Waals surface area contributed by atoms with Crippen molar-refractivity contribution in [3.63, 3.8) is 0 Å². The maximum atomic E-state index is 10.4. The molecule has 0 aromatic carbocycles. The minimum Gasteiger partial charge on any atom is -0.390 e. The molecule has 1 heterocycles. The fourth-order valence-corrected chi connectivity index (χ4v) is 3.24. The molecular formula is C14H24O2S. The van der Waals surface area contributed by atoms with Crippen molar-refractivity contribution >= 4 is 11.3 Å². The quantitative estimate of drug-likeness (QED) is 0.810. The molecule has 1 rings (SSSR count). The van der Waals surface area contributed by atoms with E-state index in [4.69, 9.17) is 4.74 Å². The average molecular weight is 256 g/mol. The van der Waals surface area contributed by atoms with E-state index in [0.29, 0.717) is 6.42 Å². The number of aryl methyl sites for hydroxylation is 1. The summed E-state index contributed by atoms with van der Waals surface area (Å²) in [5.74, 6) is 0. The molecule has 1 atom stereocenters. The molecule has 0 bridgehead atoms. The molecule has 98 valence electrons. The van der Waals surface area contributed by atoms with Gasteiger partial charge in [-0.25, -0.2) is 0 Å². The van der Waals surface area contributed by atoms with Crippen molar-refractivity contribution < 1.29 is 9.84 Å². The van der Waals surface area contributed by atoms with Gasteiger partial charge in [0.25, 0.3) is 0 Å². The fourth-order valence-electron chi connectivity index (χ4n) is 2.24. The van der Waals surface area contributed by atoms with Crippen LogP contribution in [0.2, 0.25) is 0 Å². The summed E-state index contributed by atoms with van der Waals surface area (Å²) < 4.78 is 5.56. The summed E-state index contributed by atoms with van der Waals surface area (Å²) in [4.78, 5) is 2.63. The van der Waals surface area contributed by atoms with Crippen LogP contribution in [0.25, 0.3) is 0 Å². The van der Waals surface area contributed by atoms with Gasteiger partial charge in [0.2, 0.25) is 0 Å². The third kappa shape index (κ3) is 3.30. The molecule has 2 nitrogen and oxygen atoms in total. The third-order valence-corrected chi connectivity index (χ3v) is 4.92. The van der Waals surface area contributed by atoms with Crippen LogP contribution in [0.4, 0.5) is 0 Å². The molecule has 17 heavy (non-hydrogen) atoms. The smallest absolute Gasteiger partial charge is 0.0934 e. The number of methoxy groups -OCH3 is 1. The predicted molar refractivity (Wildman–Crippen MR) is 73.7 cm³/mol. The van der Waals surface area contributed by atoms with E-state index < -0.39 is 11.7 Å². The van der Waals surface area contributed by atoms with E-state index in [0.717, 1.165) is 19.3 Å². The van der Waals surface area contributed by atoms with Gasteiger partial charge in [-0.2, -0.15) is 0 Å².